The third-order valence-corrected chi connectivity index (χ3v) is 11.3. The maximum absolute atomic E-state index is 13.9. The fourth-order valence-corrected chi connectivity index (χ4v) is 7.36. The number of amides is 6. The average molecular weight is 923 g/mol. The molecule has 376 valence electrons. The smallest absolute Gasteiger partial charge is 0.328 e. The van der Waals surface area contributed by atoms with E-state index in [4.69, 9.17) is 4.74 Å². The van der Waals surface area contributed by atoms with Gasteiger partial charge in [0.05, 0.1) is 13.0 Å². The van der Waals surface area contributed by atoms with Gasteiger partial charge in [-0.25, -0.2) is 4.79 Å². The highest BCUT2D eigenvalue weighted by Crippen LogP contribution is 2.16. The molecule has 7 N–H and O–H groups in total. The van der Waals surface area contributed by atoms with Crippen molar-refractivity contribution in [3.8, 4) is 0 Å². The quantitative estimate of drug-likeness (QED) is 0.0267. The zero-order chi connectivity index (χ0) is 49.6. The van der Waals surface area contributed by atoms with E-state index in [1.807, 2.05) is 62.3 Å². The van der Waals surface area contributed by atoms with E-state index in [0.717, 1.165) is 19.3 Å². The van der Waals surface area contributed by atoms with Crippen molar-refractivity contribution < 1.29 is 48.2 Å². The second-order valence-electron chi connectivity index (χ2n) is 19.5. The van der Waals surface area contributed by atoms with Gasteiger partial charge in [0.2, 0.25) is 35.4 Å². The van der Waals surface area contributed by atoms with Crippen LogP contribution < -0.4 is 31.9 Å². The largest absolute Gasteiger partial charge is 0.481 e. The van der Waals surface area contributed by atoms with Gasteiger partial charge >= 0.3 is 11.9 Å². The van der Waals surface area contributed by atoms with E-state index in [9.17, 15) is 43.5 Å². The number of carboxylic acids is 1. The van der Waals surface area contributed by atoms with Gasteiger partial charge in [0.25, 0.3) is 0 Å². The monoisotopic (exact) mass is 923 g/mol. The second kappa shape index (κ2) is 34.1. The molecule has 7 atom stereocenters. The lowest BCUT2D eigenvalue weighted by Gasteiger charge is -2.29. The summed E-state index contributed by atoms with van der Waals surface area (Å²) < 4.78 is 5.62. The lowest BCUT2D eigenvalue weighted by Crippen LogP contribution is -2.61. The van der Waals surface area contributed by atoms with Gasteiger partial charge in [-0.15, -0.1) is 0 Å². The van der Waals surface area contributed by atoms with Crippen molar-refractivity contribution in [1.82, 2.24) is 31.9 Å². The van der Waals surface area contributed by atoms with Crippen molar-refractivity contribution in [2.45, 2.75) is 228 Å². The van der Waals surface area contributed by atoms with E-state index in [0.29, 0.717) is 25.7 Å². The average Bonchev–Trinajstić information content (AvgIpc) is 3.21. The molecule has 0 radical (unpaired) electrons. The molecule has 0 heterocycles. The molecule has 0 aliphatic carbocycles. The predicted molar refractivity (Wildman–Crippen MR) is 254 cm³/mol. The zero-order valence-electron chi connectivity index (χ0n) is 42.2. The van der Waals surface area contributed by atoms with Crippen molar-refractivity contribution >= 4 is 47.4 Å². The van der Waals surface area contributed by atoms with Crippen LogP contribution in [0.1, 0.15) is 192 Å². The number of hydrogen-bond acceptors (Lipinski definition) is 9. The third kappa shape index (κ3) is 27.1. The molecule has 0 fully saturated rings. The van der Waals surface area contributed by atoms with Crippen LogP contribution in [0.4, 0.5) is 0 Å². The Bertz CT molecular complexity index is 1450. The van der Waals surface area contributed by atoms with Gasteiger partial charge in [0.1, 0.15) is 36.3 Å². The molecule has 0 rings (SSSR count). The van der Waals surface area contributed by atoms with E-state index in [-0.39, 0.29) is 55.4 Å². The maximum Gasteiger partial charge on any atom is 0.328 e. The highest BCUT2D eigenvalue weighted by Gasteiger charge is 2.36. The first-order valence-electron chi connectivity index (χ1n) is 24.8. The summed E-state index contributed by atoms with van der Waals surface area (Å²) in [6.45, 7) is 22.6. The van der Waals surface area contributed by atoms with Crippen LogP contribution >= 0.6 is 0 Å². The minimum absolute atomic E-state index is 0.0550. The standard InChI is InChI=1S/C49H90N6O10/c1-13-16-17-18-19-20-21-22-23-24-26-65-49(64)43(35(12)15-3)55-47(62)38(29-33(8)9)52-45(60)39(30-41(57)58)53-48(63)42(34(10)11)54-46(61)37(28-32(6)7)51-44(59)36(27-31(4)5)50-40(56)25-14-2/h31-39,42-43H,13-30H2,1-12H3,(H,50,56)(H,51,59)(H,52,60)(H,53,63)(H,54,61)(H,55,62)(H,57,58). The Hall–Kier alpha value is -4.24. The van der Waals surface area contributed by atoms with Crippen LogP contribution in [0.2, 0.25) is 0 Å². The van der Waals surface area contributed by atoms with Gasteiger partial charge < -0.3 is 41.7 Å². The molecule has 0 saturated heterocycles. The SMILES string of the molecule is CCCCCCCCCCCCOC(=O)C(NC(=O)C(CC(C)C)NC(=O)C(CC(=O)O)NC(=O)C(NC(=O)C(CC(C)C)NC(=O)C(CC(C)C)NC(=O)CCC)C(C)C)C(C)CC. The molecule has 0 saturated carbocycles. The zero-order valence-corrected chi connectivity index (χ0v) is 42.2. The van der Waals surface area contributed by atoms with Crippen LogP contribution in [0.3, 0.4) is 0 Å². The van der Waals surface area contributed by atoms with Crippen molar-refractivity contribution in [2.24, 2.45) is 29.6 Å². The summed E-state index contributed by atoms with van der Waals surface area (Å²) in [5.74, 6) is -6.86. The molecule has 0 aliphatic rings. The highest BCUT2D eigenvalue weighted by molar-refractivity contribution is 5.98. The molecule has 0 aliphatic heterocycles. The number of carbonyl (C=O) groups is 8. The Morgan fingerprint density at radius 2 is 0.862 bits per heavy atom. The number of aliphatic carboxylic acids is 1. The molecule has 0 spiro atoms. The topological polar surface area (TPSA) is 238 Å². The lowest BCUT2D eigenvalue weighted by atomic mass is 9.97. The van der Waals surface area contributed by atoms with E-state index in [2.05, 4.69) is 38.8 Å². The van der Waals surface area contributed by atoms with Gasteiger partial charge in [-0.3, -0.25) is 33.6 Å². The van der Waals surface area contributed by atoms with Gasteiger partial charge in [-0.1, -0.05) is 147 Å². The molecule has 6 amide bonds. The van der Waals surface area contributed by atoms with E-state index in [1.54, 1.807) is 13.8 Å². The van der Waals surface area contributed by atoms with Gasteiger partial charge in [0.15, 0.2) is 0 Å². The molecule has 7 unspecified atom stereocenters. The number of carboxylic acid groups (broad SMARTS) is 1. The first kappa shape index (κ1) is 60.8. The van der Waals surface area contributed by atoms with Crippen LogP contribution in [0.15, 0.2) is 0 Å². The fourth-order valence-electron chi connectivity index (χ4n) is 7.36. The molecule has 0 aromatic heterocycles. The Balaban J connectivity index is 6.03. The number of esters is 1. The summed E-state index contributed by atoms with van der Waals surface area (Å²) >= 11 is 0. The van der Waals surface area contributed by atoms with Crippen LogP contribution in [0.5, 0.6) is 0 Å². The van der Waals surface area contributed by atoms with E-state index in [1.165, 1.54) is 38.5 Å². The summed E-state index contributed by atoms with van der Waals surface area (Å²) in [5, 5.41) is 25.9. The minimum atomic E-state index is -1.65. The molecule has 0 bridgehead atoms. The molecule has 0 aromatic rings. The van der Waals surface area contributed by atoms with Gasteiger partial charge in [0, 0.05) is 6.42 Å². The summed E-state index contributed by atoms with van der Waals surface area (Å²) in [7, 11) is 0. The summed E-state index contributed by atoms with van der Waals surface area (Å²) in [4.78, 5) is 107. The number of rotatable bonds is 36. The normalized spacial score (nSPS) is 14.7. The molecule has 65 heavy (non-hydrogen) atoms. The van der Waals surface area contributed by atoms with Crippen LogP contribution in [-0.2, 0) is 43.1 Å². The van der Waals surface area contributed by atoms with Gasteiger partial charge in [-0.05, 0) is 61.7 Å². The third-order valence-electron chi connectivity index (χ3n) is 11.3. The molecular formula is C49H90N6O10. The summed E-state index contributed by atoms with van der Waals surface area (Å²) in [6, 6.07) is -7.05. The lowest BCUT2D eigenvalue weighted by molar-refractivity contribution is -0.150. The van der Waals surface area contributed by atoms with Gasteiger partial charge in [-0.2, -0.15) is 0 Å². The Morgan fingerprint density at radius 3 is 1.28 bits per heavy atom. The molecule has 0 aromatic carbocycles. The maximum atomic E-state index is 13.9. The van der Waals surface area contributed by atoms with Crippen LogP contribution in [0, 0.1) is 29.6 Å². The Kier molecular flexibility index (Phi) is 31.9. The van der Waals surface area contributed by atoms with Crippen LogP contribution in [-0.4, -0.2) is 95.3 Å². The summed E-state index contributed by atoms with van der Waals surface area (Å²) in [6.07, 6.45) is 12.6. The first-order valence-corrected chi connectivity index (χ1v) is 24.8. The molecule has 16 nitrogen and oxygen atoms in total. The Labute approximate surface area is 391 Å². The molecule has 16 heteroatoms. The second-order valence-corrected chi connectivity index (χ2v) is 19.5. The fraction of sp³-hybridized carbons (Fsp3) is 0.837. The number of unbranched alkanes of at least 4 members (excludes halogenated alkanes) is 9. The summed E-state index contributed by atoms with van der Waals surface area (Å²) in [5.41, 5.74) is 0. The first-order chi connectivity index (χ1) is 30.6. The number of hydrogen-bond donors (Lipinski definition) is 7. The molecular weight excluding hydrogens is 833 g/mol. The van der Waals surface area contributed by atoms with Crippen molar-refractivity contribution in [1.29, 1.82) is 0 Å². The number of nitrogens with one attached hydrogen (secondary N) is 6. The Morgan fingerprint density at radius 1 is 0.462 bits per heavy atom. The number of ether oxygens (including phenoxy) is 1. The highest BCUT2D eigenvalue weighted by atomic mass is 16.5. The number of carbonyl (C=O) groups excluding carboxylic acids is 7. The minimum Gasteiger partial charge on any atom is -0.481 e. The van der Waals surface area contributed by atoms with Crippen molar-refractivity contribution in [2.75, 3.05) is 6.61 Å². The van der Waals surface area contributed by atoms with E-state index < -0.39 is 90.1 Å². The van der Waals surface area contributed by atoms with Crippen LogP contribution in [0.25, 0.3) is 0 Å². The predicted octanol–water partition coefficient (Wildman–Crippen LogP) is 6.47. The van der Waals surface area contributed by atoms with Crippen molar-refractivity contribution in [3.05, 3.63) is 0 Å². The van der Waals surface area contributed by atoms with Crippen molar-refractivity contribution in [3.63, 3.8) is 0 Å². The van der Waals surface area contributed by atoms with E-state index >= 15 is 0 Å².